The molecule has 0 aromatic rings. The highest BCUT2D eigenvalue weighted by Gasteiger charge is 2.61. The van der Waals surface area contributed by atoms with E-state index in [1.807, 2.05) is 0 Å². The molecule has 0 aromatic carbocycles. The van der Waals surface area contributed by atoms with Gasteiger partial charge < -0.3 is 204 Å². The minimum Gasteiger partial charge on any atom is -0.410 e. The zero-order valence-corrected chi connectivity index (χ0v) is 56.5. The third-order valence-electron chi connectivity index (χ3n) is 19.3. The van der Waals surface area contributed by atoms with Crippen LogP contribution in [0.1, 0.15) is 41.0 Å². The molecule has 8 rings (SSSR count). The van der Waals surface area contributed by atoms with E-state index in [9.17, 15) is 132 Å². The van der Waals surface area contributed by atoms with Crippen molar-refractivity contribution in [3.05, 3.63) is 0 Å². The fourth-order valence-electron chi connectivity index (χ4n) is 13.7. The van der Waals surface area contributed by atoms with Crippen LogP contribution in [0.15, 0.2) is 0 Å². The monoisotopic (exact) mass is 1520 g/mol. The second-order valence-corrected chi connectivity index (χ2v) is 26.6. The maximum Gasteiger partial charge on any atom is 0.332 e. The van der Waals surface area contributed by atoms with E-state index in [4.69, 9.17) is 75.8 Å². The highest BCUT2D eigenvalue weighted by atomic mass is 16.9. The highest BCUT2D eigenvalue weighted by Crippen LogP contribution is 2.42. The van der Waals surface area contributed by atoms with E-state index >= 15 is 0 Å². The molecule has 0 aromatic heterocycles. The molecule has 8 aliphatic heterocycles. The maximum atomic E-state index is 13.1. The van der Waals surface area contributed by atoms with Crippen LogP contribution >= 0.6 is 0 Å². The Bertz CT molecular complexity index is 2710. The smallest absolute Gasteiger partial charge is 0.332 e. The Morgan fingerprint density at radius 3 is 1.32 bits per heavy atom. The summed E-state index contributed by atoms with van der Waals surface area (Å²) in [5, 5.41) is 251. The molecule has 8 aliphatic rings. The van der Waals surface area contributed by atoms with E-state index in [0.717, 1.165) is 20.8 Å². The Labute approximate surface area is 590 Å². The standard InChI is InChI=1S/C59H99N3O42/c1-16-21(74)6-59(90-15-70,103-46(16)33(76)22(75)7-63)104-51-36(79)25(10-66)93-57(45(51)88)100-49-28(13-69)96-54(32(40(49)83)62-20(5)73)102-52-42(85)35(78)24(9-65)94-58(52)101-50-37(80)29(14-89-55-43(86)41(84)34(77)23(8-64)92-55)97-56(44(50)87)99-48-27(12-68)95-53(31(39(48)82)61-19(4)72)98-47-26(11-67)91-17(2)30(38(47)81)60-18(3)71/h15-17,21-58,63-69,74-88H,6-14H2,1-5H3,(H,60,71)(H,61,72)(H,62,73)/t16-,17+,21-,22-,23?,24?,25?,26?,27?,28?,29?,30?,31?,32?,33+,34-,35-,36+,37-,38-,39-,40-,41+,42?,43?,44?,45?,46?,47-,48-,49-,50+,51+,52?,53+,54+,55+,56+,57+,58-,59+/m1/s1. The first-order valence-electron chi connectivity index (χ1n) is 33.4. The molecule has 0 radical (unpaired) electrons. The molecular weight excluding hydrogens is 1420 g/mol. The molecule has 45 nitrogen and oxygen atoms in total. The largest absolute Gasteiger partial charge is 0.410 e. The van der Waals surface area contributed by atoms with Gasteiger partial charge in [-0.15, -0.1) is 0 Å². The lowest BCUT2D eigenvalue weighted by molar-refractivity contribution is -0.448. The zero-order valence-electron chi connectivity index (χ0n) is 56.5. The van der Waals surface area contributed by atoms with E-state index in [1.54, 1.807) is 0 Å². The van der Waals surface area contributed by atoms with Crippen LogP contribution in [0.3, 0.4) is 0 Å². The van der Waals surface area contributed by atoms with Crippen LogP contribution in [0.5, 0.6) is 0 Å². The normalized spacial score (nSPS) is 47.9. The summed E-state index contributed by atoms with van der Waals surface area (Å²) in [5.41, 5.74) is 0. The molecule has 41 atom stereocenters. The van der Waals surface area contributed by atoms with E-state index in [2.05, 4.69) is 16.0 Å². The fraction of sp³-hybridized carbons (Fsp3) is 0.932. The van der Waals surface area contributed by atoms with Crippen molar-refractivity contribution >= 4 is 24.2 Å². The quantitative estimate of drug-likeness (QED) is 0.0244. The predicted molar refractivity (Wildman–Crippen MR) is 323 cm³/mol. The number of carbonyl (C=O) groups excluding carboxylic acids is 4. The highest BCUT2D eigenvalue weighted by molar-refractivity contribution is 5.74. The molecule has 8 saturated heterocycles. The third-order valence-corrected chi connectivity index (χ3v) is 19.3. The van der Waals surface area contributed by atoms with Gasteiger partial charge in [-0.2, -0.15) is 0 Å². The van der Waals surface area contributed by atoms with Crippen LogP contribution < -0.4 is 16.0 Å². The average molecular weight is 1520 g/mol. The molecule has 45 heteroatoms. The minimum absolute atomic E-state index is 0.236. The lowest BCUT2D eigenvalue weighted by atomic mass is 9.87. The van der Waals surface area contributed by atoms with Gasteiger partial charge in [0, 0.05) is 26.7 Å². The summed E-state index contributed by atoms with van der Waals surface area (Å²) in [4.78, 5) is 50.1. The number of ether oxygens (including phenoxy) is 16. The first-order valence-corrected chi connectivity index (χ1v) is 33.4. The number of aliphatic hydroxyl groups excluding tert-OH is 22. The summed E-state index contributed by atoms with van der Waals surface area (Å²) in [6.07, 6.45) is -72.6. The van der Waals surface area contributed by atoms with Crippen LogP contribution in [-0.4, -0.2) is 434 Å². The first-order chi connectivity index (χ1) is 49.2. The zero-order chi connectivity index (χ0) is 76.8. The summed E-state index contributed by atoms with van der Waals surface area (Å²) < 4.78 is 94.0. The molecule has 16 unspecified atom stereocenters. The van der Waals surface area contributed by atoms with Gasteiger partial charge in [-0.25, -0.2) is 0 Å². The predicted octanol–water partition coefficient (Wildman–Crippen LogP) is -16.4. The Morgan fingerprint density at radius 1 is 0.433 bits per heavy atom. The van der Waals surface area contributed by atoms with Gasteiger partial charge in [-0.3, -0.25) is 19.2 Å². The molecule has 602 valence electrons. The number of hydrogen-bond acceptors (Lipinski definition) is 42. The summed E-state index contributed by atoms with van der Waals surface area (Å²) >= 11 is 0. The number of carbonyl (C=O) groups is 4. The van der Waals surface area contributed by atoms with Gasteiger partial charge in [0.15, 0.2) is 37.7 Å². The lowest BCUT2D eigenvalue weighted by Crippen LogP contribution is -2.71. The van der Waals surface area contributed by atoms with E-state index in [1.165, 1.54) is 13.8 Å². The van der Waals surface area contributed by atoms with Crippen LogP contribution in [0, 0.1) is 5.92 Å². The number of aliphatic hydroxyl groups is 22. The Hall–Kier alpha value is -3.60. The van der Waals surface area contributed by atoms with Crippen molar-refractivity contribution in [2.75, 3.05) is 52.9 Å². The lowest BCUT2D eigenvalue weighted by Gasteiger charge is -2.51. The molecule has 0 spiro atoms. The van der Waals surface area contributed by atoms with Gasteiger partial charge in [0.1, 0.15) is 177 Å². The Kier molecular flexibility index (Phi) is 30.9. The Balaban J connectivity index is 1.08. The van der Waals surface area contributed by atoms with Crippen molar-refractivity contribution in [3.63, 3.8) is 0 Å². The van der Waals surface area contributed by atoms with Crippen LogP contribution in [-0.2, 0) is 95.0 Å². The van der Waals surface area contributed by atoms with Crippen molar-refractivity contribution < 1.29 is 207 Å². The van der Waals surface area contributed by atoms with Crippen LogP contribution in [0.2, 0.25) is 0 Å². The van der Waals surface area contributed by atoms with Crippen LogP contribution in [0.4, 0.5) is 0 Å². The van der Waals surface area contributed by atoms with Gasteiger partial charge in [0.05, 0.1) is 83.6 Å². The molecule has 0 bridgehead atoms. The molecular formula is C59H99N3O42. The molecule has 8 fully saturated rings. The number of hydrogen-bond donors (Lipinski definition) is 25. The topological polar surface area (TPSA) is 697 Å². The molecule has 8 heterocycles. The maximum absolute atomic E-state index is 13.1. The number of nitrogens with one attached hydrogen (secondary N) is 3. The molecule has 104 heavy (non-hydrogen) atoms. The third kappa shape index (κ3) is 18.9. The molecule has 3 amide bonds. The van der Waals surface area contributed by atoms with Gasteiger partial charge in [0.25, 0.3) is 6.47 Å². The second kappa shape index (κ2) is 37.4. The van der Waals surface area contributed by atoms with Crippen molar-refractivity contribution in [1.82, 2.24) is 16.0 Å². The average Bonchev–Trinajstić information content (AvgIpc) is 0.765. The Morgan fingerprint density at radius 2 is 0.827 bits per heavy atom. The van der Waals surface area contributed by atoms with Crippen molar-refractivity contribution in [2.45, 2.75) is 286 Å². The van der Waals surface area contributed by atoms with Gasteiger partial charge in [-0.05, 0) is 6.92 Å². The second-order valence-electron chi connectivity index (χ2n) is 26.6. The summed E-state index contributed by atoms with van der Waals surface area (Å²) in [6, 6.07) is -4.97. The summed E-state index contributed by atoms with van der Waals surface area (Å²) in [6.45, 7) is -2.70. The molecule has 0 aliphatic carbocycles. The van der Waals surface area contributed by atoms with E-state index < -0.39 is 328 Å². The number of rotatable bonds is 29. The van der Waals surface area contributed by atoms with Gasteiger partial charge in [0.2, 0.25) is 17.7 Å². The van der Waals surface area contributed by atoms with Crippen LogP contribution in [0.25, 0.3) is 0 Å². The van der Waals surface area contributed by atoms with Crippen molar-refractivity contribution in [3.8, 4) is 0 Å². The summed E-state index contributed by atoms with van der Waals surface area (Å²) in [5.74, 6) is -6.38. The van der Waals surface area contributed by atoms with Crippen molar-refractivity contribution in [2.24, 2.45) is 5.92 Å². The molecule has 0 saturated carbocycles. The van der Waals surface area contributed by atoms with E-state index in [0.29, 0.717) is 0 Å². The first kappa shape index (κ1) is 86.0. The summed E-state index contributed by atoms with van der Waals surface area (Å²) in [7, 11) is 0. The SMILES string of the molecule is CC(=O)NC1[C@H](O[C@@H]2C(CO)O[C@@H](C)C(NC(C)=O)[C@H]2O)OC(CO)[C@@H](O[C@@H]2OC(CO[C@H]3OC(CO)[C@@H](O)[C@H](O)C3O)[C@@H](O)[C@H](O[C@H]3OC(CO)[C@@H](O)C(O)C3O[C@@H]3OC(CO)[C@@H](O[C@@H]4OC(CO)[C@H](O)[C@H](O[C@]5(OC=O)C[C@@H](O)[C@@H](C)C([C@@H](O)[C@H](O)CO)O5)C4O)[C@H](O)C3NC(C)=O)C2O)[C@@H]1O. The van der Waals surface area contributed by atoms with Gasteiger partial charge >= 0.3 is 5.97 Å². The molecule has 25 N–H and O–H groups in total. The van der Waals surface area contributed by atoms with E-state index in [-0.39, 0.29) is 6.47 Å². The fourth-order valence-corrected chi connectivity index (χ4v) is 13.7. The number of amides is 3. The minimum atomic E-state index is -2.85. The van der Waals surface area contributed by atoms with Gasteiger partial charge in [-0.1, -0.05) is 6.92 Å². The van der Waals surface area contributed by atoms with Crippen molar-refractivity contribution in [1.29, 1.82) is 0 Å².